The number of likely N-dealkylation sites (tertiary alicyclic amines) is 1. The smallest absolute Gasteiger partial charge is 0.273 e. The minimum atomic E-state index is -0.113. The maximum atomic E-state index is 12.5. The number of methoxy groups -OCH3 is 1. The van der Waals surface area contributed by atoms with Gasteiger partial charge in [-0.05, 0) is 49.9 Å². The van der Waals surface area contributed by atoms with E-state index in [2.05, 4.69) is 20.5 Å². The molecule has 9 nitrogen and oxygen atoms in total. The van der Waals surface area contributed by atoms with Crippen LogP contribution in [0.3, 0.4) is 0 Å². The molecule has 5 rings (SSSR count). The first-order valence-corrected chi connectivity index (χ1v) is 11.1. The van der Waals surface area contributed by atoms with Gasteiger partial charge in [-0.3, -0.25) is 9.69 Å². The van der Waals surface area contributed by atoms with Gasteiger partial charge < -0.3 is 19.5 Å². The first kappa shape index (κ1) is 20.1. The zero-order valence-corrected chi connectivity index (χ0v) is 17.9. The highest BCUT2D eigenvalue weighted by Gasteiger charge is 2.26. The molecule has 2 aromatic rings. The summed E-state index contributed by atoms with van der Waals surface area (Å²) in [6.07, 6.45) is 8.37. The second-order valence-electron chi connectivity index (χ2n) is 8.60. The molecule has 3 aliphatic rings. The summed E-state index contributed by atoms with van der Waals surface area (Å²) in [5.41, 5.74) is 1.53. The van der Waals surface area contributed by atoms with Gasteiger partial charge >= 0.3 is 0 Å². The van der Waals surface area contributed by atoms with E-state index in [1.54, 1.807) is 13.3 Å². The Morgan fingerprint density at radius 1 is 1.23 bits per heavy atom. The normalized spacial score (nSPS) is 21.4. The molecule has 2 fully saturated rings. The van der Waals surface area contributed by atoms with E-state index >= 15 is 0 Å². The summed E-state index contributed by atoms with van der Waals surface area (Å²) in [4.78, 5) is 14.9. The van der Waals surface area contributed by atoms with E-state index < -0.39 is 0 Å². The zero-order valence-electron chi connectivity index (χ0n) is 17.9. The third kappa shape index (κ3) is 4.32. The molecule has 1 aromatic carbocycles. The molecule has 1 aliphatic carbocycles. The number of benzene rings is 1. The lowest BCUT2D eigenvalue weighted by molar-refractivity contribution is 0.0932. The number of aromatic nitrogens is 3. The fourth-order valence-corrected chi connectivity index (χ4v) is 4.81. The van der Waals surface area contributed by atoms with Crippen molar-refractivity contribution in [3.05, 3.63) is 29.6 Å². The molecule has 1 atom stereocenters. The summed E-state index contributed by atoms with van der Waals surface area (Å²) >= 11 is 0. The maximum absolute atomic E-state index is 12.5. The molecule has 1 amide bonds. The number of carbonyl (C=O) groups is 1. The molecule has 0 radical (unpaired) electrons. The lowest BCUT2D eigenvalue weighted by Crippen LogP contribution is -2.36. The number of nitrogens with one attached hydrogen (secondary N) is 1. The molecule has 1 saturated heterocycles. The number of ether oxygens (including phenoxy) is 3. The number of rotatable bonds is 6. The number of hydrogen-bond acceptors (Lipinski definition) is 7. The second-order valence-corrected chi connectivity index (χ2v) is 8.60. The first-order chi connectivity index (χ1) is 15.2. The van der Waals surface area contributed by atoms with Crippen LogP contribution >= 0.6 is 0 Å². The number of carbonyl (C=O) groups excluding carboxylic acids is 1. The van der Waals surface area contributed by atoms with Crippen LogP contribution in [-0.2, 0) is 6.54 Å². The quantitative estimate of drug-likeness (QED) is 0.757. The van der Waals surface area contributed by atoms with Crippen LogP contribution in [0, 0.1) is 0 Å². The van der Waals surface area contributed by atoms with Gasteiger partial charge in [-0.15, -0.1) is 5.10 Å². The molecular weight excluding hydrogens is 398 g/mol. The summed E-state index contributed by atoms with van der Waals surface area (Å²) < 4.78 is 18.4. The largest absolute Gasteiger partial charge is 0.493 e. The van der Waals surface area contributed by atoms with Crippen molar-refractivity contribution in [2.24, 2.45) is 0 Å². The highest BCUT2D eigenvalue weighted by atomic mass is 16.7. The van der Waals surface area contributed by atoms with Crippen LogP contribution in [0.15, 0.2) is 18.3 Å². The molecule has 1 aromatic heterocycles. The lowest BCUT2D eigenvalue weighted by atomic mass is 10.0. The van der Waals surface area contributed by atoms with Gasteiger partial charge in [-0.2, -0.15) is 0 Å². The Kier molecular flexibility index (Phi) is 5.67. The Morgan fingerprint density at radius 3 is 2.94 bits per heavy atom. The summed E-state index contributed by atoms with van der Waals surface area (Å²) in [6, 6.07) is 4.51. The number of amides is 1. The third-order valence-corrected chi connectivity index (χ3v) is 6.41. The van der Waals surface area contributed by atoms with Gasteiger partial charge in [-0.25, -0.2) is 4.68 Å². The van der Waals surface area contributed by atoms with Crippen molar-refractivity contribution >= 4 is 5.91 Å². The van der Waals surface area contributed by atoms with Crippen molar-refractivity contribution in [1.82, 2.24) is 25.2 Å². The van der Waals surface area contributed by atoms with Gasteiger partial charge in [-0.1, -0.05) is 18.1 Å². The van der Waals surface area contributed by atoms with E-state index in [0.29, 0.717) is 17.2 Å². The van der Waals surface area contributed by atoms with Crippen LogP contribution in [0.5, 0.6) is 17.2 Å². The Bertz CT molecular complexity index is 940. The molecule has 166 valence electrons. The minimum Gasteiger partial charge on any atom is -0.493 e. The van der Waals surface area contributed by atoms with Gasteiger partial charge in [0.2, 0.25) is 12.5 Å². The zero-order chi connectivity index (χ0) is 21.2. The molecule has 0 bridgehead atoms. The van der Waals surface area contributed by atoms with Gasteiger partial charge in [0.1, 0.15) is 0 Å². The van der Waals surface area contributed by atoms with Crippen LogP contribution < -0.4 is 19.5 Å². The average Bonchev–Trinajstić information content (AvgIpc) is 3.54. The monoisotopic (exact) mass is 427 g/mol. The van der Waals surface area contributed by atoms with Crippen molar-refractivity contribution in [3.8, 4) is 17.2 Å². The third-order valence-electron chi connectivity index (χ3n) is 6.41. The highest BCUT2D eigenvalue weighted by molar-refractivity contribution is 5.92. The van der Waals surface area contributed by atoms with Gasteiger partial charge in [0.05, 0.1) is 19.3 Å². The Morgan fingerprint density at radius 2 is 2.10 bits per heavy atom. The fraction of sp³-hybridized carbons (Fsp3) is 0.591. The van der Waals surface area contributed by atoms with Crippen molar-refractivity contribution in [1.29, 1.82) is 0 Å². The molecule has 1 N–H and O–H groups in total. The van der Waals surface area contributed by atoms with E-state index in [-0.39, 0.29) is 24.8 Å². The second kappa shape index (κ2) is 8.74. The van der Waals surface area contributed by atoms with E-state index in [0.717, 1.165) is 56.6 Å². The SMILES string of the molecule is COc1cc(CN2CCC[C@@H](n3cc(C(=O)NC4CCCC4)nn3)C2)cc2c1OCO2. The summed E-state index contributed by atoms with van der Waals surface area (Å²) in [6.45, 7) is 2.87. The number of piperidine rings is 1. The van der Waals surface area contributed by atoms with Gasteiger partial charge in [0.25, 0.3) is 5.91 Å². The van der Waals surface area contributed by atoms with Crippen LogP contribution in [0.4, 0.5) is 0 Å². The Labute approximate surface area is 181 Å². The van der Waals surface area contributed by atoms with Crippen molar-refractivity contribution in [2.45, 2.75) is 57.2 Å². The predicted octanol–water partition coefficient (Wildman–Crippen LogP) is 2.52. The number of nitrogens with zero attached hydrogens (tertiary/aromatic N) is 4. The predicted molar refractivity (Wildman–Crippen MR) is 112 cm³/mol. The van der Waals surface area contributed by atoms with Crippen molar-refractivity contribution < 1.29 is 19.0 Å². The minimum absolute atomic E-state index is 0.113. The van der Waals surface area contributed by atoms with Crippen LogP contribution in [0.1, 0.15) is 60.6 Å². The summed E-state index contributed by atoms with van der Waals surface area (Å²) in [5.74, 6) is 2.00. The molecule has 1 saturated carbocycles. The van der Waals surface area contributed by atoms with Gasteiger partial charge in [0, 0.05) is 19.1 Å². The molecule has 31 heavy (non-hydrogen) atoms. The van der Waals surface area contributed by atoms with E-state index in [4.69, 9.17) is 14.2 Å². The first-order valence-electron chi connectivity index (χ1n) is 11.1. The van der Waals surface area contributed by atoms with Crippen LogP contribution in [0.25, 0.3) is 0 Å². The topological polar surface area (TPSA) is 90.7 Å². The summed E-state index contributed by atoms with van der Waals surface area (Å²) in [5, 5.41) is 11.5. The molecule has 0 unspecified atom stereocenters. The molecule has 2 aliphatic heterocycles. The lowest BCUT2D eigenvalue weighted by Gasteiger charge is -2.32. The Balaban J connectivity index is 1.23. The molecule has 3 heterocycles. The van der Waals surface area contributed by atoms with E-state index in [1.165, 1.54) is 12.8 Å². The van der Waals surface area contributed by atoms with Crippen molar-refractivity contribution in [2.75, 3.05) is 27.0 Å². The average molecular weight is 428 g/mol. The molecule has 9 heteroatoms. The van der Waals surface area contributed by atoms with Gasteiger partial charge in [0.15, 0.2) is 17.2 Å². The maximum Gasteiger partial charge on any atom is 0.273 e. The number of hydrogen-bond donors (Lipinski definition) is 1. The molecule has 0 spiro atoms. The summed E-state index contributed by atoms with van der Waals surface area (Å²) in [7, 11) is 1.64. The Hall–Kier alpha value is -2.81. The van der Waals surface area contributed by atoms with Crippen LogP contribution in [-0.4, -0.2) is 58.8 Å². The van der Waals surface area contributed by atoms with Crippen LogP contribution in [0.2, 0.25) is 0 Å². The van der Waals surface area contributed by atoms with E-state index in [1.807, 2.05) is 16.8 Å². The number of fused-ring (bicyclic) bond motifs is 1. The fourth-order valence-electron chi connectivity index (χ4n) is 4.81. The molecular formula is C22H29N5O4. The standard InChI is InChI=1S/C22H29N5O4/c1-29-19-9-15(10-20-21(19)31-14-30-20)11-26-8-4-7-17(12-26)27-13-18(24-25-27)22(28)23-16-5-2-3-6-16/h9-10,13,16-17H,2-8,11-12,14H2,1H3,(H,23,28)/t17-/m1/s1. The van der Waals surface area contributed by atoms with Crippen molar-refractivity contribution in [3.63, 3.8) is 0 Å². The highest BCUT2D eigenvalue weighted by Crippen LogP contribution is 2.42. The van der Waals surface area contributed by atoms with E-state index in [9.17, 15) is 4.79 Å².